The average molecular weight is 367 g/mol. The van der Waals surface area contributed by atoms with Gasteiger partial charge in [0, 0.05) is 30.2 Å². The molecule has 1 aromatic carbocycles. The third kappa shape index (κ3) is 4.92. The largest absolute Gasteiger partial charge is 0.419 e. The minimum atomic E-state index is -4.51. The molecule has 2 rings (SSSR count). The predicted molar refractivity (Wildman–Crippen MR) is 94.2 cm³/mol. The summed E-state index contributed by atoms with van der Waals surface area (Å²) in [5, 5.41) is 23.3. The molecule has 0 fully saturated rings. The summed E-state index contributed by atoms with van der Waals surface area (Å²) >= 11 is 0. The van der Waals surface area contributed by atoms with Crippen molar-refractivity contribution < 1.29 is 18.3 Å². The standard InChI is InChI=1S/C17H20F3N5O/c1-10-12(17(18,19)20)8-22-15(24-10)25-14-6-4-5-13(11(14)7-21)23-9-16(2,3)26/h4-8,21,23,26H,9H2,1-3H3,(H,22,24,25). The van der Waals surface area contributed by atoms with Crippen LogP contribution in [0.15, 0.2) is 24.4 Å². The summed E-state index contributed by atoms with van der Waals surface area (Å²) in [4.78, 5) is 7.56. The van der Waals surface area contributed by atoms with E-state index in [0.29, 0.717) is 16.9 Å². The van der Waals surface area contributed by atoms with Gasteiger partial charge < -0.3 is 21.1 Å². The van der Waals surface area contributed by atoms with Crippen molar-refractivity contribution in [3.8, 4) is 0 Å². The Hall–Kier alpha value is -2.68. The zero-order valence-corrected chi connectivity index (χ0v) is 14.6. The third-order valence-corrected chi connectivity index (χ3v) is 3.49. The predicted octanol–water partition coefficient (Wildman–Crippen LogP) is 3.73. The number of hydrogen-bond acceptors (Lipinski definition) is 6. The van der Waals surface area contributed by atoms with Crippen LogP contribution in [0.4, 0.5) is 30.5 Å². The maximum atomic E-state index is 12.8. The lowest BCUT2D eigenvalue weighted by Gasteiger charge is -2.20. The molecule has 26 heavy (non-hydrogen) atoms. The Morgan fingerprint density at radius 1 is 1.23 bits per heavy atom. The van der Waals surface area contributed by atoms with Gasteiger partial charge in [-0.25, -0.2) is 9.97 Å². The van der Waals surface area contributed by atoms with E-state index in [1.54, 1.807) is 32.0 Å². The molecule has 0 bridgehead atoms. The second-order valence-corrected chi connectivity index (χ2v) is 6.39. The Morgan fingerprint density at radius 3 is 2.42 bits per heavy atom. The molecule has 0 unspecified atom stereocenters. The normalized spacial score (nSPS) is 12.0. The Labute approximate surface area is 149 Å². The number of anilines is 3. The van der Waals surface area contributed by atoms with Crippen LogP contribution >= 0.6 is 0 Å². The van der Waals surface area contributed by atoms with E-state index in [-0.39, 0.29) is 18.2 Å². The van der Waals surface area contributed by atoms with Crippen LogP contribution in [0, 0.1) is 12.3 Å². The monoisotopic (exact) mass is 367 g/mol. The highest BCUT2D eigenvalue weighted by Gasteiger charge is 2.33. The zero-order chi connectivity index (χ0) is 19.5. The molecule has 0 atom stereocenters. The molecule has 0 saturated carbocycles. The van der Waals surface area contributed by atoms with E-state index in [4.69, 9.17) is 5.41 Å². The number of hydrogen-bond donors (Lipinski definition) is 4. The van der Waals surface area contributed by atoms with Crippen LogP contribution < -0.4 is 10.6 Å². The summed E-state index contributed by atoms with van der Waals surface area (Å²) in [6, 6.07) is 5.10. The van der Waals surface area contributed by atoms with Crippen molar-refractivity contribution in [2.75, 3.05) is 17.2 Å². The maximum absolute atomic E-state index is 12.8. The third-order valence-electron chi connectivity index (χ3n) is 3.49. The van der Waals surface area contributed by atoms with Gasteiger partial charge >= 0.3 is 6.18 Å². The first-order valence-corrected chi connectivity index (χ1v) is 7.79. The van der Waals surface area contributed by atoms with Crippen molar-refractivity contribution in [3.05, 3.63) is 41.2 Å². The fourth-order valence-electron chi connectivity index (χ4n) is 2.22. The van der Waals surface area contributed by atoms with E-state index in [1.807, 2.05) is 0 Å². The maximum Gasteiger partial charge on any atom is 0.419 e. The molecule has 0 spiro atoms. The van der Waals surface area contributed by atoms with Crippen molar-refractivity contribution >= 4 is 23.5 Å². The van der Waals surface area contributed by atoms with Crippen molar-refractivity contribution in [1.29, 1.82) is 5.41 Å². The summed E-state index contributed by atoms with van der Waals surface area (Å²) in [5.41, 5.74) is -0.511. The Morgan fingerprint density at radius 2 is 1.88 bits per heavy atom. The van der Waals surface area contributed by atoms with E-state index in [2.05, 4.69) is 20.6 Å². The fraction of sp³-hybridized carbons (Fsp3) is 0.353. The minimum Gasteiger partial charge on any atom is -0.389 e. The molecule has 9 heteroatoms. The molecular formula is C17H20F3N5O. The summed E-state index contributed by atoms with van der Waals surface area (Å²) in [6.07, 6.45) is -2.68. The molecule has 0 saturated heterocycles. The van der Waals surface area contributed by atoms with Crippen LogP contribution in [0.25, 0.3) is 0 Å². The number of benzene rings is 1. The van der Waals surface area contributed by atoms with Gasteiger partial charge in [0.2, 0.25) is 5.95 Å². The van der Waals surface area contributed by atoms with Gasteiger partial charge in [-0.2, -0.15) is 13.2 Å². The first-order chi connectivity index (χ1) is 12.0. The average Bonchev–Trinajstić information content (AvgIpc) is 2.51. The summed E-state index contributed by atoms with van der Waals surface area (Å²) in [5.74, 6) is -0.00163. The number of halogens is 3. The van der Waals surface area contributed by atoms with Crippen LogP contribution in [0.2, 0.25) is 0 Å². The fourth-order valence-corrected chi connectivity index (χ4v) is 2.22. The van der Waals surface area contributed by atoms with E-state index >= 15 is 0 Å². The molecule has 0 aliphatic heterocycles. The second-order valence-electron chi connectivity index (χ2n) is 6.39. The molecule has 0 radical (unpaired) electrons. The smallest absolute Gasteiger partial charge is 0.389 e. The molecule has 1 heterocycles. The minimum absolute atomic E-state index is 0.00163. The quantitative estimate of drug-likeness (QED) is 0.584. The molecule has 0 aliphatic rings. The van der Waals surface area contributed by atoms with Crippen molar-refractivity contribution in [1.82, 2.24) is 9.97 Å². The number of aliphatic hydroxyl groups is 1. The second kappa shape index (κ2) is 7.28. The van der Waals surface area contributed by atoms with Crippen LogP contribution in [-0.2, 0) is 6.18 Å². The highest BCUT2D eigenvalue weighted by atomic mass is 19.4. The van der Waals surface area contributed by atoms with Crippen LogP contribution in [0.1, 0.15) is 30.7 Å². The molecule has 2 aromatic rings. The van der Waals surface area contributed by atoms with Crippen LogP contribution in [0.3, 0.4) is 0 Å². The van der Waals surface area contributed by atoms with Gasteiger partial charge in [0.15, 0.2) is 0 Å². The van der Waals surface area contributed by atoms with Crippen LogP contribution in [0.5, 0.6) is 0 Å². The highest BCUT2D eigenvalue weighted by Crippen LogP contribution is 2.31. The topological polar surface area (TPSA) is 93.9 Å². The lowest BCUT2D eigenvalue weighted by molar-refractivity contribution is -0.138. The molecule has 0 aliphatic carbocycles. The van der Waals surface area contributed by atoms with Crippen molar-refractivity contribution in [3.63, 3.8) is 0 Å². The number of nitrogens with one attached hydrogen (secondary N) is 3. The van der Waals surface area contributed by atoms with Gasteiger partial charge in [-0.3, -0.25) is 0 Å². The van der Waals surface area contributed by atoms with Gasteiger partial charge in [-0.1, -0.05) is 6.07 Å². The molecule has 0 amide bonds. The molecule has 140 valence electrons. The summed E-state index contributed by atoms with van der Waals surface area (Å²) in [6.45, 7) is 4.80. The van der Waals surface area contributed by atoms with E-state index in [1.165, 1.54) is 6.92 Å². The lowest BCUT2D eigenvalue weighted by atomic mass is 10.1. The molecule has 4 N–H and O–H groups in total. The van der Waals surface area contributed by atoms with E-state index in [9.17, 15) is 18.3 Å². The van der Waals surface area contributed by atoms with Gasteiger partial charge in [0.1, 0.15) is 0 Å². The Bertz CT molecular complexity index is 800. The van der Waals surface area contributed by atoms with Crippen molar-refractivity contribution in [2.24, 2.45) is 0 Å². The Balaban J connectivity index is 2.29. The zero-order valence-electron chi connectivity index (χ0n) is 14.6. The highest BCUT2D eigenvalue weighted by molar-refractivity contribution is 5.94. The van der Waals surface area contributed by atoms with Crippen LogP contribution in [-0.4, -0.2) is 33.4 Å². The van der Waals surface area contributed by atoms with Gasteiger partial charge in [-0.05, 0) is 32.9 Å². The Kier molecular flexibility index (Phi) is 5.50. The number of alkyl halides is 3. The number of rotatable bonds is 6. The SMILES string of the molecule is Cc1nc(Nc2cccc(NCC(C)(C)O)c2C=N)ncc1C(F)(F)F. The number of aromatic nitrogens is 2. The number of aryl methyl sites for hydroxylation is 1. The number of nitrogens with zero attached hydrogens (tertiary/aromatic N) is 2. The molecule has 6 nitrogen and oxygen atoms in total. The van der Waals surface area contributed by atoms with E-state index < -0.39 is 17.3 Å². The van der Waals surface area contributed by atoms with Gasteiger partial charge in [0.25, 0.3) is 0 Å². The lowest BCUT2D eigenvalue weighted by Crippen LogP contribution is -2.29. The first-order valence-electron chi connectivity index (χ1n) is 7.79. The first kappa shape index (κ1) is 19.6. The van der Waals surface area contributed by atoms with Gasteiger partial charge in [-0.15, -0.1) is 0 Å². The summed E-state index contributed by atoms with van der Waals surface area (Å²) in [7, 11) is 0. The summed E-state index contributed by atoms with van der Waals surface area (Å²) < 4.78 is 38.4. The molecule has 1 aromatic heterocycles. The van der Waals surface area contributed by atoms with Gasteiger partial charge in [0.05, 0.1) is 22.5 Å². The van der Waals surface area contributed by atoms with Crippen molar-refractivity contribution in [2.45, 2.75) is 32.5 Å². The van der Waals surface area contributed by atoms with E-state index in [0.717, 1.165) is 12.4 Å². The molecular weight excluding hydrogens is 347 g/mol.